The molecule has 1 heterocycles. The van der Waals surface area contributed by atoms with E-state index in [1.807, 2.05) is 24.3 Å². The molecule has 6 heteroatoms. The van der Waals surface area contributed by atoms with E-state index in [0.717, 1.165) is 36.9 Å². The standard InChI is InChI=1S/C20H23ClFN3O/c21-17-6-2-4-8-19(17)25-13-11-24(12-14-25)15-20(26)23-10-9-16-5-1-3-7-18(16)22/h1-8H,9-15H2,(H,23,26). The lowest BCUT2D eigenvalue weighted by Crippen LogP contribution is -2.49. The van der Waals surface area contributed by atoms with Gasteiger partial charge in [0.2, 0.25) is 5.91 Å². The minimum atomic E-state index is -0.225. The van der Waals surface area contributed by atoms with Crippen LogP contribution in [-0.4, -0.2) is 50.1 Å². The number of para-hydroxylation sites is 1. The van der Waals surface area contributed by atoms with Crippen LogP contribution in [-0.2, 0) is 11.2 Å². The highest BCUT2D eigenvalue weighted by molar-refractivity contribution is 6.33. The maximum absolute atomic E-state index is 13.6. The number of benzene rings is 2. The lowest BCUT2D eigenvalue weighted by Gasteiger charge is -2.36. The molecule has 0 atom stereocenters. The minimum absolute atomic E-state index is 0.0208. The van der Waals surface area contributed by atoms with Crippen LogP contribution in [0.4, 0.5) is 10.1 Å². The summed E-state index contributed by atoms with van der Waals surface area (Å²) in [6.07, 6.45) is 0.499. The van der Waals surface area contributed by atoms with Gasteiger partial charge in [0.1, 0.15) is 5.82 Å². The summed E-state index contributed by atoms with van der Waals surface area (Å²) in [5, 5.41) is 3.63. The average Bonchev–Trinajstić information content (AvgIpc) is 2.64. The molecular weight excluding hydrogens is 353 g/mol. The Labute approximate surface area is 158 Å². The Balaban J connectivity index is 1.39. The van der Waals surface area contributed by atoms with Crippen LogP contribution in [0.3, 0.4) is 0 Å². The highest BCUT2D eigenvalue weighted by atomic mass is 35.5. The van der Waals surface area contributed by atoms with E-state index in [1.54, 1.807) is 18.2 Å². The third-order valence-electron chi connectivity index (χ3n) is 4.61. The number of nitrogens with one attached hydrogen (secondary N) is 1. The van der Waals surface area contributed by atoms with Crippen molar-refractivity contribution in [3.05, 3.63) is 64.9 Å². The predicted molar refractivity (Wildman–Crippen MR) is 103 cm³/mol. The van der Waals surface area contributed by atoms with Gasteiger partial charge in [-0.05, 0) is 30.2 Å². The van der Waals surface area contributed by atoms with Crippen LogP contribution < -0.4 is 10.2 Å². The first-order chi connectivity index (χ1) is 12.6. The Hall–Kier alpha value is -2.11. The van der Waals surface area contributed by atoms with Gasteiger partial charge in [0.15, 0.2) is 0 Å². The molecule has 1 amide bonds. The van der Waals surface area contributed by atoms with Gasteiger partial charge in [0.05, 0.1) is 17.3 Å². The fourth-order valence-corrected chi connectivity index (χ4v) is 3.41. The number of carbonyl (C=O) groups excluding carboxylic acids is 1. The van der Waals surface area contributed by atoms with Crippen LogP contribution in [0.1, 0.15) is 5.56 Å². The second kappa shape index (κ2) is 9.01. The SMILES string of the molecule is O=C(CN1CCN(c2ccccc2Cl)CC1)NCCc1ccccc1F. The van der Waals surface area contributed by atoms with E-state index < -0.39 is 0 Å². The van der Waals surface area contributed by atoms with Crippen molar-refractivity contribution in [2.24, 2.45) is 0 Å². The number of nitrogens with zero attached hydrogens (tertiary/aromatic N) is 2. The molecule has 1 fully saturated rings. The third-order valence-corrected chi connectivity index (χ3v) is 4.93. The molecule has 2 aromatic rings. The van der Waals surface area contributed by atoms with Gasteiger partial charge < -0.3 is 10.2 Å². The topological polar surface area (TPSA) is 35.6 Å². The Bertz CT molecular complexity index is 747. The van der Waals surface area contributed by atoms with Crippen LogP contribution in [0.15, 0.2) is 48.5 Å². The summed E-state index contributed by atoms with van der Waals surface area (Å²) < 4.78 is 13.6. The summed E-state index contributed by atoms with van der Waals surface area (Å²) in [5.41, 5.74) is 1.67. The zero-order chi connectivity index (χ0) is 18.4. The first kappa shape index (κ1) is 18.7. The smallest absolute Gasteiger partial charge is 0.234 e. The fraction of sp³-hybridized carbons (Fsp3) is 0.350. The van der Waals surface area contributed by atoms with Gasteiger partial charge in [-0.25, -0.2) is 4.39 Å². The second-order valence-electron chi connectivity index (χ2n) is 6.41. The zero-order valence-corrected chi connectivity index (χ0v) is 15.4. The van der Waals surface area contributed by atoms with Gasteiger partial charge >= 0.3 is 0 Å². The lowest BCUT2D eigenvalue weighted by molar-refractivity contribution is -0.122. The van der Waals surface area contributed by atoms with E-state index in [-0.39, 0.29) is 11.7 Å². The quantitative estimate of drug-likeness (QED) is 0.843. The van der Waals surface area contributed by atoms with E-state index in [0.29, 0.717) is 25.1 Å². The van der Waals surface area contributed by atoms with E-state index in [2.05, 4.69) is 15.1 Å². The van der Waals surface area contributed by atoms with Gasteiger partial charge in [-0.1, -0.05) is 41.9 Å². The molecule has 0 unspecified atom stereocenters. The van der Waals surface area contributed by atoms with Gasteiger partial charge in [-0.3, -0.25) is 9.69 Å². The maximum Gasteiger partial charge on any atom is 0.234 e. The predicted octanol–water partition coefficient (Wildman–Crippen LogP) is 2.96. The lowest BCUT2D eigenvalue weighted by atomic mass is 10.1. The van der Waals surface area contributed by atoms with Crippen molar-refractivity contribution in [2.75, 3.05) is 44.2 Å². The van der Waals surface area contributed by atoms with Gasteiger partial charge in [0.25, 0.3) is 0 Å². The number of amides is 1. The third kappa shape index (κ3) is 4.96. The largest absolute Gasteiger partial charge is 0.368 e. The molecule has 2 aromatic carbocycles. The number of anilines is 1. The summed E-state index contributed by atoms with van der Waals surface area (Å²) in [5.74, 6) is -0.245. The molecule has 0 spiro atoms. The van der Waals surface area contributed by atoms with Crippen LogP contribution >= 0.6 is 11.6 Å². The Kier molecular flexibility index (Phi) is 6.47. The van der Waals surface area contributed by atoms with E-state index in [4.69, 9.17) is 11.6 Å². The highest BCUT2D eigenvalue weighted by Gasteiger charge is 2.20. The van der Waals surface area contributed by atoms with Crippen molar-refractivity contribution < 1.29 is 9.18 Å². The van der Waals surface area contributed by atoms with E-state index >= 15 is 0 Å². The van der Waals surface area contributed by atoms with Crippen LogP contribution in [0, 0.1) is 5.82 Å². The van der Waals surface area contributed by atoms with Crippen molar-refractivity contribution in [3.63, 3.8) is 0 Å². The van der Waals surface area contributed by atoms with Crippen LogP contribution in [0.25, 0.3) is 0 Å². The molecule has 1 aliphatic heterocycles. The van der Waals surface area contributed by atoms with Crippen molar-refractivity contribution in [3.8, 4) is 0 Å². The molecule has 138 valence electrons. The first-order valence-corrected chi connectivity index (χ1v) is 9.23. The molecule has 1 N–H and O–H groups in total. The minimum Gasteiger partial charge on any atom is -0.368 e. The highest BCUT2D eigenvalue weighted by Crippen LogP contribution is 2.25. The molecule has 26 heavy (non-hydrogen) atoms. The van der Waals surface area contributed by atoms with Crippen molar-refractivity contribution in [1.82, 2.24) is 10.2 Å². The van der Waals surface area contributed by atoms with Crippen LogP contribution in [0.5, 0.6) is 0 Å². The van der Waals surface area contributed by atoms with Crippen molar-refractivity contribution in [1.29, 1.82) is 0 Å². The number of piperazine rings is 1. The Morgan fingerprint density at radius 2 is 1.73 bits per heavy atom. The summed E-state index contributed by atoms with van der Waals surface area (Å²) in [6.45, 7) is 4.11. The summed E-state index contributed by atoms with van der Waals surface area (Å²) >= 11 is 6.25. The van der Waals surface area contributed by atoms with Crippen molar-refractivity contribution >= 4 is 23.2 Å². The maximum atomic E-state index is 13.6. The van der Waals surface area contributed by atoms with Crippen LogP contribution in [0.2, 0.25) is 5.02 Å². The van der Waals surface area contributed by atoms with Gasteiger partial charge in [-0.15, -0.1) is 0 Å². The normalized spacial score (nSPS) is 15.1. The summed E-state index contributed by atoms with van der Waals surface area (Å²) in [4.78, 5) is 16.5. The Morgan fingerprint density at radius 3 is 2.46 bits per heavy atom. The summed E-state index contributed by atoms with van der Waals surface area (Å²) in [7, 11) is 0. The molecule has 1 saturated heterocycles. The number of hydrogen-bond acceptors (Lipinski definition) is 3. The summed E-state index contributed by atoms with van der Waals surface area (Å²) in [6, 6.07) is 14.5. The molecule has 4 nitrogen and oxygen atoms in total. The molecule has 3 rings (SSSR count). The monoisotopic (exact) mass is 375 g/mol. The average molecular weight is 376 g/mol. The molecule has 0 bridgehead atoms. The molecule has 0 saturated carbocycles. The Morgan fingerprint density at radius 1 is 1.04 bits per heavy atom. The number of hydrogen-bond donors (Lipinski definition) is 1. The molecular formula is C20H23ClFN3O. The number of carbonyl (C=O) groups is 1. The van der Waals surface area contributed by atoms with E-state index in [1.165, 1.54) is 6.07 Å². The molecule has 0 radical (unpaired) electrons. The van der Waals surface area contributed by atoms with Gasteiger partial charge in [-0.2, -0.15) is 0 Å². The molecule has 0 aliphatic carbocycles. The molecule has 0 aromatic heterocycles. The van der Waals surface area contributed by atoms with Gasteiger partial charge in [0, 0.05) is 32.7 Å². The second-order valence-corrected chi connectivity index (χ2v) is 6.81. The zero-order valence-electron chi connectivity index (χ0n) is 14.6. The van der Waals surface area contributed by atoms with E-state index in [9.17, 15) is 9.18 Å². The fourth-order valence-electron chi connectivity index (χ4n) is 3.15. The number of rotatable bonds is 6. The first-order valence-electron chi connectivity index (χ1n) is 8.85. The molecule has 1 aliphatic rings. The number of halogens is 2. The van der Waals surface area contributed by atoms with Crippen molar-refractivity contribution in [2.45, 2.75) is 6.42 Å².